The number of halogens is 3. The summed E-state index contributed by atoms with van der Waals surface area (Å²) in [6.07, 6.45) is 1.12. The van der Waals surface area contributed by atoms with Gasteiger partial charge >= 0.3 is 6.18 Å². The molecule has 2 aromatic rings. The summed E-state index contributed by atoms with van der Waals surface area (Å²) in [5.74, 6) is 0.359. The van der Waals surface area contributed by atoms with Crippen molar-refractivity contribution in [1.29, 1.82) is 0 Å². The number of carbonyl (C=O) groups excluding carboxylic acids is 1. The third kappa shape index (κ3) is 3.95. The molecule has 2 saturated heterocycles. The Morgan fingerprint density at radius 1 is 1.10 bits per heavy atom. The van der Waals surface area contributed by atoms with E-state index in [1.807, 2.05) is 4.90 Å². The van der Waals surface area contributed by atoms with Gasteiger partial charge in [0.1, 0.15) is 17.2 Å². The zero-order valence-electron chi connectivity index (χ0n) is 17.2. The number of likely N-dealkylation sites (tertiary alicyclic amines) is 2. The fourth-order valence-corrected chi connectivity index (χ4v) is 4.58. The molecule has 0 spiro atoms. The minimum absolute atomic E-state index is 0.0755. The fraction of sp³-hybridized carbons (Fsp3) is 0.571. The van der Waals surface area contributed by atoms with E-state index < -0.39 is 11.9 Å². The second-order valence-corrected chi connectivity index (χ2v) is 8.12. The van der Waals surface area contributed by atoms with Crippen molar-refractivity contribution < 1.29 is 18.0 Å². The molecular weight excluding hydrogens is 395 g/mol. The summed E-state index contributed by atoms with van der Waals surface area (Å²) < 4.78 is 40.0. The SMILES string of the molecule is Cc1nc(-c2ccc(C(F)(F)F)nc2)n(C)c1C(=O)N1CCC(N2CCCC2)CC1. The van der Waals surface area contributed by atoms with Crippen LogP contribution in [0, 0.1) is 6.92 Å². The van der Waals surface area contributed by atoms with Gasteiger partial charge in [0.05, 0.1) is 5.69 Å². The van der Waals surface area contributed by atoms with Gasteiger partial charge in [-0.25, -0.2) is 4.98 Å². The van der Waals surface area contributed by atoms with Crippen molar-refractivity contribution in [2.75, 3.05) is 26.2 Å². The first kappa shape index (κ1) is 20.8. The number of hydrogen-bond acceptors (Lipinski definition) is 4. The number of rotatable bonds is 3. The van der Waals surface area contributed by atoms with Crippen molar-refractivity contribution in [2.45, 2.75) is 44.8 Å². The number of amides is 1. The van der Waals surface area contributed by atoms with Crippen LogP contribution in [-0.2, 0) is 13.2 Å². The maximum absolute atomic E-state index is 13.2. The van der Waals surface area contributed by atoms with Crippen molar-refractivity contribution in [2.24, 2.45) is 7.05 Å². The minimum atomic E-state index is -4.49. The summed E-state index contributed by atoms with van der Waals surface area (Å²) in [5, 5.41) is 0. The monoisotopic (exact) mass is 421 g/mol. The third-order valence-corrected chi connectivity index (χ3v) is 6.19. The topological polar surface area (TPSA) is 54.3 Å². The minimum Gasteiger partial charge on any atom is -0.337 e. The van der Waals surface area contributed by atoms with E-state index in [0.29, 0.717) is 41.9 Å². The molecule has 0 unspecified atom stereocenters. The van der Waals surface area contributed by atoms with Crippen LogP contribution in [0.1, 0.15) is 47.6 Å². The number of alkyl halides is 3. The van der Waals surface area contributed by atoms with Crippen LogP contribution in [0.25, 0.3) is 11.4 Å². The van der Waals surface area contributed by atoms with Crippen LogP contribution in [0.2, 0.25) is 0 Å². The van der Waals surface area contributed by atoms with Gasteiger partial charge < -0.3 is 14.4 Å². The molecule has 0 radical (unpaired) electrons. The van der Waals surface area contributed by atoms with Crippen LogP contribution < -0.4 is 0 Å². The van der Waals surface area contributed by atoms with Gasteiger partial charge in [0.25, 0.3) is 5.91 Å². The summed E-state index contributed by atoms with van der Waals surface area (Å²) >= 11 is 0. The highest BCUT2D eigenvalue weighted by Crippen LogP contribution is 2.30. The second kappa shape index (κ2) is 8.02. The molecule has 4 heterocycles. The first-order chi connectivity index (χ1) is 14.3. The van der Waals surface area contributed by atoms with Gasteiger partial charge in [0.2, 0.25) is 0 Å². The van der Waals surface area contributed by atoms with Crippen molar-refractivity contribution in [1.82, 2.24) is 24.3 Å². The Labute approximate surface area is 173 Å². The number of aromatic nitrogens is 3. The number of nitrogens with zero attached hydrogens (tertiary/aromatic N) is 5. The van der Waals surface area contributed by atoms with E-state index >= 15 is 0 Å². The first-order valence-electron chi connectivity index (χ1n) is 10.4. The lowest BCUT2D eigenvalue weighted by Crippen LogP contribution is -2.46. The number of piperidine rings is 1. The second-order valence-electron chi connectivity index (χ2n) is 8.12. The molecule has 2 aromatic heterocycles. The van der Waals surface area contributed by atoms with Crippen LogP contribution in [0.5, 0.6) is 0 Å². The summed E-state index contributed by atoms with van der Waals surface area (Å²) in [4.78, 5) is 25.5. The van der Waals surface area contributed by atoms with Crippen molar-refractivity contribution >= 4 is 5.91 Å². The van der Waals surface area contributed by atoms with E-state index in [1.54, 1.807) is 18.5 Å². The molecule has 4 rings (SSSR count). The molecule has 0 aliphatic carbocycles. The predicted molar refractivity (Wildman–Crippen MR) is 106 cm³/mol. The van der Waals surface area contributed by atoms with Gasteiger partial charge in [-0.1, -0.05) is 0 Å². The van der Waals surface area contributed by atoms with E-state index in [0.717, 1.165) is 38.2 Å². The Morgan fingerprint density at radius 2 is 1.77 bits per heavy atom. The van der Waals surface area contributed by atoms with Gasteiger partial charge in [-0.3, -0.25) is 9.78 Å². The number of aryl methyl sites for hydroxylation is 1. The van der Waals surface area contributed by atoms with E-state index in [-0.39, 0.29) is 5.91 Å². The lowest BCUT2D eigenvalue weighted by Gasteiger charge is -2.36. The molecule has 0 aromatic carbocycles. The standard InChI is InChI=1S/C21H26F3N5O/c1-14-18(20(30)29-11-7-16(8-12-29)28-9-3-4-10-28)27(2)19(26-14)15-5-6-17(25-13-15)21(22,23)24/h5-6,13,16H,3-4,7-12H2,1-2H3. The van der Waals surface area contributed by atoms with Gasteiger partial charge in [-0.2, -0.15) is 13.2 Å². The average molecular weight is 421 g/mol. The molecule has 30 heavy (non-hydrogen) atoms. The van der Waals surface area contributed by atoms with Crippen molar-refractivity contribution in [3.8, 4) is 11.4 Å². The average Bonchev–Trinajstić information content (AvgIpc) is 3.35. The molecule has 0 saturated carbocycles. The fourth-order valence-electron chi connectivity index (χ4n) is 4.58. The van der Waals surface area contributed by atoms with Gasteiger partial charge in [0, 0.05) is 37.9 Å². The molecule has 1 amide bonds. The van der Waals surface area contributed by atoms with Crippen LogP contribution in [0.3, 0.4) is 0 Å². The highest BCUT2D eigenvalue weighted by atomic mass is 19.4. The summed E-state index contributed by atoms with van der Waals surface area (Å²) in [7, 11) is 1.72. The van der Waals surface area contributed by atoms with Gasteiger partial charge in [-0.15, -0.1) is 0 Å². The lowest BCUT2D eigenvalue weighted by molar-refractivity contribution is -0.141. The third-order valence-electron chi connectivity index (χ3n) is 6.19. The zero-order valence-corrected chi connectivity index (χ0v) is 17.2. The Morgan fingerprint density at radius 3 is 2.33 bits per heavy atom. The molecule has 2 aliphatic rings. The molecule has 9 heteroatoms. The maximum atomic E-state index is 13.2. The van der Waals surface area contributed by atoms with Gasteiger partial charge in [-0.05, 0) is 57.8 Å². The van der Waals surface area contributed by atoms with E-state index in [4.69, 9.17) is 0 Å². The van der Waals surface area contributed by atoms with E-state index in [1.165, 1.54) is 18.9 Å². The summed E-state index contributed by atoms with van der Waals surface area (Å²) in [6.45, 7) is 5.49. The van der Waals surface area contributed by atoms with Crippen LogP contribution in [-0.4, -0.2) is 62.5 Å². The molecule has 2 aliphatic heterocycles. The summed E-state index contributed by atoms with van der Waals surface area (Å²) in [5.41, 5.74) is 0.540. The van der Waals surface area contributed by atoms with Crippen LogP contribution in [0.4, 0.5) is 13.2 Å². The highest BCUT2D eigenvalue weighted by molar-refractivity contribution is 5.94. The Bertz CT molecular complexity index is 908. The Kier molecular flexibility index (Phi) is 5.57. The normalized spacial score (nSPS) is 18.9. The van der Waals surface area contributed by atoms with E-state index in [9.17, 15) is 18.0 Å². The lowest BCUT2D eigenvalue weighted by atomic mass is 10.0. The molecule has 0 atom stereocenters. The molecule has 0 N–H and O–H groups in total. The smallest absolute Gasteiger partial charge is 0.337 e. The number of hydrogen-bond donors (Lipinski definition) is 0. The molecule has 6 nitrogen and oxygen atoms in total. The van der Waals surface area contributed by atoms with Crippen molar-refractivity contribution in [3.63, 3.8) is 0 Å². The highest BCUT2D eigenvalue weighted by Gasteiger charge is 2.33. The van der Waals surface area contributed by atoms with Crippen molar-refractivity contribution in [3.05, 3.63) is 35.4 Å². The quantitative estimate of drug-likeness (QED) is 0.761. The number of imidazole rings is 1. The van der Waals surface area contributed by atoms with Crippen LogP contribution in [0.15, 0.2) is 18.3 Å². The molecule has 2 fully saturated rings. The van der Waals surface area contributed by atoms with Crippen LogP contribution >= 0.6 is 0 Å². The first-order valence-corrected chi connectivity index (χ1v) is 10.4. The molecule has 162 valence electrons. The Balaban J connectivity index is 1.50. The molecular formula is C21H26F3N5O. The van der Waals surface area contributed by atoms with Gasteiger partial charge in [0.15, 0.2) is 0 Å². The van der Waals surface area contributed by atoms with E-state index in [2.05, 4.69) is 14.9 Å². The maximum Gasteiger partial charge on any atom is 0.433 e. The zero-order chi connectivity index (χ0) is 21.5. The summed E-state index contributed by atoms with van der Waals surface area (Å²) in [6, 6.07) is 2.83. The molecule has 0 bridgehead atoms. The predicted octanol–water partition coefficient (Wildman–Crippen LogP) is 3.51. The number of pyridine rings is 1. The largest absolute Gasteiger partial charge is 0.433 e. The Hall–Kier alpha value is -2.42. The number of carbonyl (C=O) groups is 1.